The van der Waals surface area contributed by atoms with Crippen molar-refractivity contribution in [2.75, 3.05) is 18.0 Å². The summed E-state index contributed by atoms with van der Waals surface area (Å²) < 4.78 is 15.1. The van der Waals surface area contributed by atoms with Crippen molar-refractivity contribution < 1.29 is 9.18 Å². The average molecular weight is 366 g/mol. The fraction of sp³-hybridized carbons (Fsp3) is 0.333. The van der Waals surface area contributed by atoms with Gasteiger partial charge in [-0.1, -0.05) is 24.3 Å². The van der Waals surface area contributed by atoms with Crippen LogP contribution < -0.4 is 10.2 Å². The van der Waals surface area contributed by atoms with Gasteiger partial charge in [0.2, 0.25) is 11.9 Å². The summed E-state index contributed by atoms with van der Waals surface area (Å²) in [5, 5.41) is 2.97. The Morgan fingerprint density at radius 3 is 2.56 bits per heavy atom. The van der Waals surface area contributed by atoms with Crippen LogP contribution in [0.25, 0.3) is 11.0 Å². The van der Waals surface area contributed by atoms with Gasteiger partial charge in [-0.05, 0) is 42.7 Å². The van der Waals surface area contributed by atoms with Crippen LogP contribution in [-0.2, 0) is 18.4 Å². The quantitative estimate of drug-likeness (QED) is 0.771. The Balaban J connectivity index is 1.34. The van der Waals surface area contributed by atoms with Crippen LogP contribution in [-0.4, -0.2) is 28.5 Å². The molecule has 3 aromatic rings. The van der Waals surface area contributed by atoms with E-state index in [1.54, 1.807) is 12.1 Å². The molecule has 1 aromatic heterocycles. The van der Waals surface area contributed by atoms with Crippen LogP contribution >= 0.6 is 0 Å². The number of aromatic nitrogens is 2. The summed E-state index contributed by atoms with van der Waals surface area (Å²) in [6, 6.07) is 14.3. The normalized spacial score (nSPS) is 15.3. The third-order valence-corrected chi connectivity index (χ3v) is 5.29. The number of nitrogens with zero attached hydrogens (tertiary/aromatic N) is 3. The van der Waals surface area contributed by atoms with Crippen molar-refractivity contribution in [2.45, 2.75) is 19.4 Å². The molecule has 1 amide bonds. The number of hydrogen-bond donors (Lipinski definition) is 1. The molecule has 140 valence electrons. The van der Waals surface area contributed by atoms with Crippen LogP contribution in [0, 0.1) is 11.7 Å². The van der Waals surface area contributed by atoms with Crippen LogP contribution in [0.3, 0.4) is 0 Å². The zero-order valence-electron chi connectivity index (χ0n) is 15.4. The molecule has 2 heterocycles. The smallest absolute Gasteiger partial charge is 0.223 e. The van der Waals surface area contributed by atoms with Crippen molar-refractivity contribution in [2.24, 2.45) is 13.0 Å². The first-order valence-electron chi connectivity index (χ1n) is 9.30. The number of rotatable bonds is 4. The Hall–Kier alpha value is -2.89. The highest BCUT2D eigenvalue weighted by molar-refractivity contribution is 5.80. The molecule has 5 nitrogen and oxygen atoms in total. The topological polar surface area (TPSA) is 50.2 Å². The van der Waals surface area contributed by atoms with Gasteiger partial charge in [0.05, 0.1) is 11.0 Å². The van der Waals surface area contributed by atoms with Crippen molar-refractivity contribution in [1.29, 1.82) is 0 Å². The molecule has 27 heavy (non-hydrogen) atoms. The van der Waals surface area contributed by atoms with E-state index in [1.807, 2.05) is 25.2 Å². The molecular formula is C21H23FN4O. The molecule has 1 fully saturated rings. The molecule has 1 aliphatic rings. The number of benzene rings is 2. The zero-order valence-corrected chi connectivity index (χ0v) is 15.4. The maximum Gasteiger partial charge on any atom is 0.223 e. The number of para-hydroxylation sites is 2. The molecule has 0 saturated carbocycles. The highest BCUT2D eigenvalue weighted by Crippen LogP contribution is 2.26. The molecule has 1 saturated heterocycles. The molecule has 0 atom stereocenters. The van der Waals surface area contributed by atoms with E-state index in [9.17, 15) is 9.18 Å². The molecule has 6 heteroatoms. The monoisotopic (exact) mass is 366 g/mol. The molecule has 1 N–H and O–H groups in total. The average Bonchev–Trinajstić information content (AvgIpc) is 3.04. The number of aryl methyl sites for hydroxylation is 1. The molecule has 0 bridgehead atoms. The van der Waals surface area contributed by atoms with Gasteiger partial charge in [0, 0.05) is 32.6 Å². The second kappa shape index (κ2) is 7.39. The van der Waals surface area contributed by atoms with E-state index in [4.69, 9.17) is 4.98 Å². The number of amides is 1. The first-order valence-corrected chi connectivity index (χ1v) is 9.30. The first kappa shape index (κ1) is 17.5. The fourth-order valence-corrected chi connectivity index (χ4v) is 3.69. The highest BCUT2D eigenvalue weighted by Gasteiger charge is 2.27. The molecule has 1 aliphatic heterocycles. The van der Waals surface area contributed by atoms with E-state index >= 15 is 0 Å². The van der Waals surface area contributed by atoms with Gasteiger partial charge in [0.1, 0.15) is 5.82 Å². The lowest BCUT2D eigenvalue weighted by atomic mass is 9.96. The van der Waals surface area contributed by atoms with Gasteiger partial charge in [0.15, 0.2) is 0 Å². The van der Waals surface area contributed by atoms with Gasteiger partial charge in [0.25, 0.3) is 0 Å². The number of nitrogens with one attached hydrogen (secondary N) is 1. The molecule has 0 radical (unpaired) electrons. The van der Waals surface area contributed by atoms with Gasteiger partial charge >= 0.3 is 0 Å². The Kier molecular flexibility index (Phi) is 4.79. The van der Waals surface area contributed by atoms with E-state index in [1.165, 1.54) is 12.1 Å². The summed E-state index contributed by atoms with van der Waals surface area (Å²) in [6.07, 6.45) is 1.61. The summed E-state index contributed by atoms with van der Waals surface area (Å²) in [4.78, 5) is 19.5. The Morgan fingerprint density at radius 2 is 1.85 bits per heavy atom. The summed E-state index contributed by atoms with van der Waals surface area (Å²) >= 11 is 0. The van der Waals surface area contributed by atoms with Crippen LogP contribution in [0.2, 0.25) is 0 Å². The van der Waals surface area contributed by atoms with Gasteiger partial charge in [-0.2, -0.15) is 0 Å². The Bertz CT molecular complexity index is 942. The maximum atomic E-state index is 13.0. The summed E-state index contributed by atoms with van der Waals surface area (Å²) in [7, 11) is 2.03. The minimum atomic E-state index is -0.264. The highest BCUT2D eigenvalue weighted by atomic mass is 19.1. The van der Waals surface area contributed by atoms with Gasteiger partial charge in [-0.3, -0.25) is 4.79 Å². The van der Waals surface area contributed by atoms with Gasteiger partial charge in [-0.15, -0.1) is 0 Å². The van der Waals surface area contributed by atoms with Crippen molar-refractivity contribution in [3.63, 3.8) is 0 Å². The number of imidazole rings is 1. The van der Waals surface area contributed by atoms with Crippen molar-refractivity contribution in [1.82, 2.24) is 14.9 Å². The third-order valence-electron chi connectivity index (χ3n) is 5.29. The largest absolute Gasteiger partial charge is 0.352 e. The third kappa shape index (κ3) is 3.65. The van der Waals surface area contributed by atoms with Crippen molar-refractivity contribution >= 4 is 22.9 Å². The van der Waals surface area contributed by atoms with Crippen molar-refractivity contribution in [3.8, 4) is 0 Å². The van der Waals surface area contributed by atoms with E-state index in [-0.39, 0.29) is 17.6 Å². The molecule has 2 aromatic carbocycles. The fourth-order valence-electron chi connectivity index (χ4n) is 3.69. The second-order valence-electron chi connectivity index (χ2n) is 7.07. The number of halogens is 1. The lowest BCUT2D eigenvalue weighted by Crippen LogP contribution is -2.41. The molecule has 0 unspecified atom stereocenters. The summed E-state index contributed by atoms with van der Waals surface area (Å²) in [5.41, 5.74) is 3.02. The van der Waals surface area contributed by atoms with Crippen molar-refractivity contribution in [3.05, 3.63) is 59.9 Å². The maximum absolute atomic E-state index is 13.0. The SMILES string of the molecule is Cn1c(N2CCC(C(=O)NCc3ccc(F)cc3)CC2)nc2ccccc21. The lowest BCUT2D eigenvalue weighted by molar-refractivity contribution is -0.125. The van der Waals surface area contributed by atoms with Crippen LogP contribution in [0.5, 0.6) is 0 Å². The van der Waals surface area contributed by atoms with E-state index in [0.717, 1.165) is 48.5 Å². The van der Waals surface area contributed by atoms with E-state index < -0.39 is 0 Å². The van der Waals surface area contributed by atoms with E-state index in [2.05, 4.69) is 20.9 Å². The van der Waals surface area contributed by atoms with E-state index in [0.29, 0.717) is 6.54 Å². The minimum Gasteiger partial charge on any atom is -0.352 e. The zero-order chi connectivity index (χ0) is 18.8. The predicted octanol–water partition coefficient (Wildman–Crippen LogP) is 3.25. The number of fused-ring (bicyclic) bond motifs is 1. The number of carbonyl (C=O) groups excluding carboxylic acids is 1. The first-order chi connectivity index (χ1) is 13.1. The van der Waals surface area contributed by atoms with Gasteiger partial charge < -0.3 is 14.8 Å². The summed E-state index contributed by atoms with van der Waals surface area (Å²) in [5.74, 6) is 0.779. The lowest BCUT2D eigenvalue weighted by Gasteiger charge is -2.32. The second-order valence-corrected chi connectivity index (χ2v) is 7.07. The molecule has 0 aliphatic carbocycles. The summed E-state index contributed by atoms with van der Waals surface area (Å²) in [6.45, 7) is 2.06. The molecular weight excluding hydrogens is 343 g/mol. The molecule has 4 rings (SSSR count). The standard InChI is InChI=1S/C21H23FN4O/c1-25-19-5-3-2-4-18(19)24-21(25)26-12-10-16(11-13-26)20(27)23-14-15-6-8-17(22)9-7-15/h2-9,16H,10-14H2,1H3,(H,23,27). The van der Waals surface area contributed by atoms with Gasteiger partial charge in [-0.25, -0.2) is 9.37 Å². The predicted molar refractivity (Wildman–Crippen MR) is 104 cm³/mol. The van der Waals surface area contributed by atoms with Crippen LogP contribution in [0.1, 0.15) is 18.4 Å². The number of carbonyl (C=O) groups is 1. The Labute approximate surface area is 157 Å². The number of piperidine rings is 1. The molecule has 0 spiro atoms. The van der Waals surface area contributed by atoms with Crippen LogP contribution in [0.15, 0.2) is 48.5 Å². The van der Waals surface area contributed by atoms with Crippen LogP contribution in [0.4, 0.5) is 10.3 Å². The number of anilines is 1. The Morgan fingerprint density at radius 1 is 1.15 bits per heavy atom. The number of hydrogen-bond acceptors (Lipinski definition) is 3. The minimum absolute atomic E-state index is 0.0105.